The maximum atomic E-state index is 12.4. The van der Waals surface area contributed by atoms with Gasteiger partial charge in [-0.25, -0.2) is 0 Å². The molecule has 5 atom stereocenters. The van der Waals surface area contributed by atoms with Crippen molar-refractivity contribution in [3.8, 4) is 11.5 Å². The summed E-state index contributed by atoms with van der Waals surface area (Å²) >= 11 is 6.09. The Morgan fingerprint density at radius 3 is 2.47 bits per heavy atom. The number of phenolic OH excluding ortho intramolecular Hbond substituents is 1. The van der Waals surface area contributed by atoms with Gasteiger partial charge in [0.2, 0.25) is 12.1 Å². The highest BCUT2D eigenvalue weighted by atomic mass is 35.5. The van der Waals surface area contributed by atoms with Crippen molar-refractivity contribution < 1.29 is 49.0 Å². The zero-order valence-electron chi connectivity index (χ0n) is 15.3. The van der Waals surface area contributed by atoms with E-state index in [9.17, 15) is 35.1 Å². The molecular formula is C19H19ClO10. The molecule has 0 radical (unpaired) electrons. The number of benzene rings is 1. The lowest BCUT2D eigenvalue weighted by atomic mass is 9.99. The summed E-state index contributed by atoms with van der Waals surface area (Å²) in [5, 5.41) is 48.9. The number of phenols is 1. The van der Waals surface area contributed by atoms with Gasteiger partial charge >= 0.3 is 0 Å². The Kier molecular flexibility index (Phi) is 6.76. The fraction of sp³-hybridized carbons (Fsp3) is 0.368. The smallest absolute Gasteiger partial charge is 0.229 e. The molecule has 1 aliphatic heterocycles. The Morgan fingerprint density at radius 1 is 1.10 bits per heavy atom. The van der Waals surface area contributed by atoms with Crippen LogP contribution in [0.1, 0.15) is 27.3 Å². The third-order valence-corrected chi connectivity index (χ3v) is 4.85. The highest BCUT2D eigenvalue weighted by Gasteiger charge is 2.45. The molecule has 3 rings (SSSR count). The van der Waals surface area contributed by atoms with E-state index >= 15 is 0 Å². The number of furan rings is 1. The standard InChI is InChI=1S/C19H19ClO10/c20-9-4-8(10(22)5-12(24)13-2-1-3-28-13)11(23)6-14(9)29-19-18(27)17(26)16(25)15(7-21)30-19/h1-4,6,15-19,21,23,25-27H,5,7H2/t15-,16-,17+,18-,19-/m1/s1. The van der Waals surface area contributed by atoms with E-state index in [4.69, 9.17) is 25.5 Å². The van der Waals surface area contributed by atoms with Crippen LogP contribution in [0.2, 0.25) is 5.02 Å². The Morgan fingerprint density at radius 2 is 1.83 bits per heavy atom. The molecule has 0 amide bonds. The first-order chi connectivity index (χ1) is 14.2. The SMILES string of the molecule is O=C(CC(=O)c1cc(Cl)c(O[C@@H]2O[C@H](CO)[C@@H](O)[C@H](O)[C@H]2O)cc1O)c1ccco1. The van der Waals surface area contributed by atoms with Crippen molar-refractivity contribution in [1.29, 1.82) is 0 Å². The van der Waals surface area contributed by atoms with E-state index in [0.29, 0.717) is 0 Å². The molecule has 0 unspecified atom stereocenters. The predicted molar refractivity (Wildman–Crippen MR) is 99.5 cm³/mol. The highest BCUT2D eigenvalue weighted by Crippen LogP contribution is 2.35. The zero-order chi connectivity index (χ0) is 22.0. The van der Waals surface area contributed by atoms with Crippen molar-refractivity contribution in [1.82, 2.24) is 0 Å². The summed E-state index contributed by atoms with van der Waals surface area (Å²) in [7, 11) is 0. The molecule has 1 aromatic heterocycles. The van der Waals surface area contributed by atoms with E-state index in [1.807, 2.05) is 0 Å². The van der Waals surface area contributed by atoms with Crippen LogP contribution in [0.4, 0.5) is 0 Å². The molecule has 2 heterocycles. The second kappa shape index (κ2) is 9.13. The molecule has 1 aliphatic rings. The number of halogens is 1. The summed E-state index contributed by atoms with van der Waals surface area (Å²) in [5.74, 6) is -2.04. The van der Waals surface area contributed by atoms with Crippen LogP contribution < -0.4 is 4.74 Å². The molecule has 1 saturated heterocycles. The quantitative estimate of drug-likeness (QED) is 0.296. The van der Waals surface area contributed by atoms with Crippen molar-refractivity contribution in [3.05, 3.63) is 46.9 Å². The summed E-state index contributed by atoms with van der Waals surface area (Å²) < 4.78 is 15.5. The molecule has 5 N–H and O–H groups in total. The maximum Gasteiger partial charge on any atom is 0.229 e. The van der Waals surface area contributed by atoms with Gasteiger partial charge in [0.1, 0.15) is 35.9 Å². The van der Waals surface area contributed by atoms with Crippen LogP contribution in [0.25, 0.3) is 0 Å². The average molecular weight is 443 g/mol. The fourth-order valence-corrected chi connectivity index (χ4v) is 3.12. The summed E-state index contributed by atoms with van der Waals surface area (Å²) in [5.41, 5.74) is -0.235. The van der Waals surface area contributed by atoms with Crippen LogP contribution in [-0.2, 0) is 4.74 Å². The summed E-state index contributed by atoms with van der Waals surface area (Å²) in [6.45, 7) is -0.652. The molecule has 10 nitrogen and oxygen atoms in total. The van der Waals surface area contributed by atoms with Gasteiger partial charge in [0.15, 0.2) is 11.5 Å². The van der Waals surface area contributed by atoms with Gasteiger partial charge in [0.05, 0.1) is 29.9 Å². The third kappa shape index (κ3) is 4.48. The number of hydrogen-bond donors (Lipinski definition) is 5. The van der Waals surface area contributed by atoms with Gasteiger partial charge in [-0.15, -0.1) is 0 Å². The number of aromatic hydroxyl groups is 1. The third-order valence-electron chi connectivity index (χ3n) is 4.56. The monoisotopic (exact) mass is 442 g/mol. The van der Waals surface area contributed by atoms with Crippen LogP contribution in [-0.4, -0.2) is 74.4 Å². The second-order valence-corrected chi connectivity index (χ2v) is 7.02. The van der Waals surface area contributed by atoms with Crippen molar-refractivity contribution in [3.63, 3.8) is 0 Å². The van der Waals surface area contributed by atoms with E-state index in [1.54, 1.807) is 0 Å². The number of aliphatic hydroxyl groups excluding tert-OH is 4. The summed E-state index contributed by atoms with van der Waals surface area (Å²) in [6, 6.07) is 4.96. The Hall–Kier alpha value is -2.47. The number of rotatable bonds is 7. The Labute approximate surface area is 174 Å². The molecule has 1 aromatic carbocycles. The first-order valence-electron chi connectivity index (χ1n) is 8.82. The van der Waals surface area contributed by atoms with E-state index in [0.717, 1.165) is 12.1 Å². The lowest BCUT2D eigenvalue weighted by Gasteiger charge is -2.39. The largest absolute Gasteiger partial charge is 0.507 e. The fourth-order valence-electron chi connectivity index (χ4n) is 2.91. The molecule has 0 bridgehead atoms. The molecule has 30 heavy (non-hydrogen) atoms. The van der Waals surface area contributed by atoms with E-state index in [-0.39, 0.29) is 22.1 Å². The number of aliphatic hydroxyl groups is 4. The normalized spacial score (nSPS) is 26.4. The van der Waals surface area contributed by atoms with Gasteiger partial charge in [0, 0.05) is 6.07 Å². The Balaban J connectivity index is 1.76. The highest BCUT2D eigenvalue weighted by molar-refractivity contribution is 6.32. The lowest BCUT2D eigenvalue weighted by molar-refractivity contribution is -0.277. The van der Waals surface area contributed by atoms with Crippen molar-refractivity contribution >= 4 is 23.2 Å². The first kappa shape index (κ1) is 22.2. The number of hydrogen-bond acceptors (Lipinski definition) is 10. The van der Waals surface area contributed by atoms with Gasteiger partial charge < -0.3 is 39.4 Å². The molecule has 0 spiro atoms. The second-order valence-electron chi connectivity index (χ2n) is 6.62. The van der Waals surface area contributed by atoms with Crippen LogP contribution >= 0.6 is 11.6 Å². The van der Waals surface area contributed by atoms with E-state index in [2.05, 4.69) is 0 Å². The summed E-state index contributed by atoms with van der Waals surface area (Å²) in [6.07, 6.45) is -6.93. The van der Waals surface area contributed by atoms with Crippen LogP contribution in [0.15, 0.2) is 34.9 Å². The van der Waals surface area contributed by atoms with Crippen LogP contribution in [0.3, 0.4) is 0 Å². The summed E-state index contributed by atoms with van der Waals surface area (Å²) in [4.78, 5) is 24.4. The van der Waals surface area contributed by atoms with Gasteiger partial charge in [-0.2, -0.15) is 0 Å². The van der Waals surface area contributed by atoms with Crippen molar-refractivity contribution in [2.75, 3.05) is 6.61 Å². The number of ketones is 2. The Bertz CT molecular complexity index is 910. The van der Waals surface area contributed by atoms with Gasteiger partial charge in [0.25, 0.3) is 0 Å². The van der Waals surface area contributed by atoms with Crippen LogP contribution in [0.5, 0.6) is 11.5 Å². The number of carbonyl (C=O) groups is 2. The average Bonchev–Trinajstić information content (AvgIpc) is 3.25. The van der Waals surface area contributed by atoms with Crippen LogP contribution in [0, 0.1) is 0 Å². The lowest BCUT2D eigenvalue weighted by Crippen LogP contribution is -2.60. The van der Waals surface area contributed by atoms with E-state index in [1.165, 1.54) is 18.4 Å². The minimum absolute atomic E-state index is 0.00323. The number of ether oxygens (including phenoxy) is 2. The van der Waals surface area contributed by atoms with Gasteiger partial charge in [-0.05, 0) is 18.2 Å². The maximum absolute atomic E-state index is 12.4. The molecule has 2 aromatic rings. The first-order valence-corrected chi connectivity index (χ1v) is 9.20. The predicted octanol–water partition coefficient (Wildman–Crippen LogP) is 0.273. The van der Waals surface area contributed by atoms with Gasteiger partial charge in [-0.3, -0.25) is 9.59 Å². The molecule has 162 valence electrons. The van der Waals surface area contributed by atoms with Crippen molar-refractivity contribution in [2.45, 2.75) is 37.1 Å². The molecule has 11 heteroatoms. The minimum Gasteiger partial charge on any atom is -0.507 e. The topological polar surface area (TPSA) is 167 Å². The number of carbonyl (C=O) groups excluding carboxylic acids is 2. The van der Waals surface area contributed by atoms with Gasteiger partial charge in [-0.1, -0.05) is 11.6 Å². The van der Waals surface area contributed by atoms with E-state index < -0.39 is 61.0 Å². The zero-order valence-corrected chi connectivity index (χ0v) is 16.1. The molecular weight excluding hydrogens is 424 g/mol. The molecule has 0 saturated carbocycles. The number of Topliss-reactive ketones (excluding diaryl/α,β-unsaturated/α-hetero) is 2. The molecule has 0 aliphatic carbocycles. The molecule has 1 fully saturated rings. The van der Waals surface area contributed by atoms with Crippen molar-refractivity contribution in [2.24, 2.45) is 0 Å². The minimum atomic E-state index is -1.69.